The van der Waals surface area contributed by atoms with Crippen LogP contribution >= 0.6 is 44.1 Å². The number of aromatic nitrogens is 5. The molecule has 0 spiro atoms. The van der Waals surface area contributed by atoms with Crippen LogP contribution in [0.1, 0.15) is 0 Å². The van der Waals surface area contributed by atoms with Crippen molar-refractivity contribution in [2.75, 3.05) is 0 Å². The zero-order valence-corrected chi connectivity index (χ0v) is 14.8. The van der Waals surface area contributed by atoms with Crippen LogP contribution in [0.2, 0.25) is 0 Å². The average molecular weight is 427 g/mol. The van der Waals surface area contributed by atoms with Gasteiger partial charge < -0.3 is 4.98 Å². The number of rotatable bonds is 2. The van der Waals surface area contributed by atoms with Crippen LogP contribution in [0.25, 0.3) is 22.8 Å². The molecule has 0 radical (unpaired) electrons. The summed E-state index contributed by atoms with van der Waals surface area (Å²) < 4.78 is 3.96. The van der Waals surface area contributed by atoms with Crippen molar-refractivity contribution in [1.82, 2.24) is 24.7 Å². The summed E-state index contributed by atoms with van der Waals surface area (Å²) in [4.78, 5) is 12.0. The van der Waals surface area contributed by atoms with Crippen LogP contribution in [0, 0.1) is 4.64 Å². The quantitative estimate of drug-likeness (QED) is 0.626. The smallest absolute Gasteiger partial charge is 0.159 e. The lowest BCUT2D eigenvalue weighted by atomic mass is 10.2. The number of hydrogen-bond acceptors (Lipinski definition) is 4. The normalized spacial score (nSPS) is 10.8. The SMILES string of the molecule is Cn1cc(-c2cc(=S)nc(-c3ncc(Br)cc3Br)[nH]2)cn1. The molecule has 0 unspecified atom stereocenters. The second kappa shape index (κ2) is 5.78. The first-order valence-electron chi connectivity index (χ1n) is 5.95. The van der Waals surface area contributed by atoms with Gasteiger partial charge in [-0.2, -0.15) is 5.10 Å². The number of aromatic amines is 1. The molecule has 0 saturated heterocycles. The van der Waals surface area contributed by atoms with E-state index in [0.29, 0.717) is 16.2 Å². The molecule has 21 heavy (non-hydrogen) atoms. The first-order valence-corrected chi connectivity index (χ1v) is 7.94. The summed E-state index contributed by atoms with van der Waals surface area (Å²) in [6.07, 6.45) is 5.40. The lowest BCUT2D eigenvalue weighted by Crippen LogP contribution is -1.95. The van der Waals surface area contributed by atoms with E-state index in [4.69, 9.17) is 12.2 Å². The number of pyridine rings is 1. The summed E-state index contributed by atoms with van der Waals surface area (Å²) in [5.74, 6) is 0.612. The molecule has 0 bridgehead atoms. The second-order valence-corrected chi connectivity index (χ2v) is 6.56. The fourth-order valence-electron chi connectivity index (χ4n) is 1.87. The molecule has 1 N–H and O–H groups in total. The summed E-state index contributed by atoms with van der Waals surface area (Å²) >= 11 is 12.1. The number of halogens is 2. The molecule has 5 nitrogen and oxygen atoms in total. The van der Waals surface area contributed by atoms with Crippen molar-refractivity contribution in [1.29, 1.82) is 0 Å². The van der Waals surface area contributed by atoms with Gasteiger partial charge in [0.2, 0.25) is 0 Å². The molecule has 0 aliphatic rings. The van der Waals surface area contributed by atoms with Crippen molar-refractivity contribution in [2.24, 2.45) is 7.05 Å². The molecule has 0 aliphatic carbocycles. The molecule has 3 rings (SSSR count). The molecule has 0 amide bonds. The van der Waals surface area contributed by atoms with Gasteiger partial charge in [-0.15, -0.1) is 0 Å². The minimum absolute atomic E-state index is 0.499. The van der Waals surface area contributed by atoms with Gasteiger partial charge in [0, 0.05) is 34.0 Å². The fraction of sp³-hybridized carbons (Fsp3) is 0.0769. The average Bonchev–Trinajstić information content (AvgIpc) is 2.84. The van der Waals surface area contributed by atoms with Crippen LogP contribution in [0.5, 0.6) is 0 Å². The molecule has 3 heterocycles. The van der Waals surface area contributed by atoms with Crippen molar-refractivity contribution in [2.45, 2.75) is 0 Å². The van der Waals surface area contributed by atoms with E-state index in [0.717, 1.165) is 20.2 Å². The highest BCUT2D eigenvalue weighted by molar-refractivity contribution is 9.11. The zero-order chi connectivity index (χ0) is 15.0. The molecule has 3 aromatic rings. The third kappa shape index (κ3) is 3.12. The van der Waals surface area contributed by atoms with Crippen molar-refractivity contribution >= 4 is 44.1 Å². The van der Waals surface area contributed by atoms with E-state index in [-0.39, 0.29) is 0 Å². The van der Waals surface area contributed by atoms with Crippen LogP contribution in [0.15, 0.2) is 39.7 Å². The first kappa shape index (κ1) is 14.6. The van der Waals surface area contributed by atoms with Gasteiger partial charge in [-0.05, 0) is 44.0 Å². The summed E-state index contributed by atoms with van der Waals surface area (Å²) in [6, 6.07) is 3.72. The molecule has 3 aromatic heterocycles. The Morgan fingerprint density at radius 2 is 2.05 bits per heavy atom. The molecule has 0 aromatic carbocycles. The lowest BCUT2D eigenvalue weighted by Gasteiger charge is -2.06. The summed E-state index contributed by atoms with van der Waals surface area (Å²) in [5.41, 5.74) is 2.50. The fourth-order valence-corrected chi connectivity index (χ4v) is 3.26. The maximum absolute atomic E-state index is 5.25. The van der Waals surface area contributed by atoms with E-state index in [9.17, 15) is 0 Å². The molecule has 106 valence electrons. The van der Waals surface area contributed by atoms with Gasteiger partial charge in [0.25, 0.3) is 0 Å². The molecular formula is C13H9Br2N5S. The van der Waals surface area contributed by atoms with E-state index in [1.54, 1.807) is 17.1 Å². The number of hydrogen-bond donors (Lipinski definition) is 1. The zero-order valence-electron chi connectivity index (χ0n) is 10.8. The maximum Gasteiger partial charge on any atom is 0.159 e. The van der Waals surface area contributed by atoms with Crippen molar-refractivity contribution < 1.29 is 0 Å². The predicted molar refractivity (Wildman–Crippen MR) is 90.3 cm³/mol. The number of nitrogens with one attached hydrogen (secondary N) is 1. The lowest BCUT2D eigenvalue weighted by molar-refractivity contribution is 0.768. The monoisotopic (exact) mass is 425 g/mol. The van der Waals surface area contributed by atoms with Crippen molar-refractivity contribution in [3.8, 4) is 22.8 Å². The second-order valence-electron chi connectivity index (χ2n) is 4.37. The van der Waals surface area contributed by atoms with Crippen LogP contribution in [0.3, 0.4) is 0 Å². The minimum Gasteiger partial charge on any atom is -0.338 e. The molecule has 8 heteroatoms. The van der Waals surface area contributed by atoms with E-state index in [1.165, 1.54) is 0 Å². The minimum atomic E-state index is 0.499. The highest BCUT2D eigenvalue weighted by atomic mass is 79.9. The summed E-state index contributed by atoms with van der Waals surface area (Å²) in [6.45, 7) is 0. The van der Waals surface area contributed by atoms with E-state index < -0.39 is 0 Å². The van der Waals surface area contributed by atoms with Crippen molar-refractivity contribution in [3.05, 3.63) is 44.3 Å². The Balaban J connectivity index is 2.16. The van der Waals surface area contributed by atoms with Gasteiger partial charge in [-0.25, -0.2) is 4.98 Å². The third-order valence-electron chi connectivity index (χ3n) is 2.79. The highest BCUT2D eigenvalue weighted by Gasteiger charge is 2.10. The molecule has 0 fully saturated rings. The standard InChI is InChI=1S/C13H9Br2N5S/c1-20-6-7(4-17-20)10-3-11(21)19-13(18-10)12-9(15)2-8(14)5-16-12/h2-6H,1H3,(H,18,19,21). The van der Waals surface area contributed by atoms with Gasteiger partial charge in [0.1, 0.15) is 10.3 Å². The Hall–Kier alpha value is -1.38. The van der Waals surface area contributed by atoms with Gasteiger partial charge in [0.05, 0.1) is 11.9 Å². The Morgan fingerprint density at radius 1 is 1.24 bits per heavy atom. The summed E-state index contributed by atoms with van der Waals surface area (Å²) in [7, 11) is 1.87. The Bertz CT molecular complexity index is 871. The number of H-pyrrole nitrogens is 1. The van der Waals surface area contributed by atoms with E-state index >= 15 is 0 Å². The van der Waals surface area contributed by atoms with Crippen LogP contribution in [-0.2, 0) is 7.05 Å². The topological polar surface area (TPSA) is 59.4 Å². The van der Waals surface area contributed by atoms with E-state index in [1.807, 2.05) is 25.4 Å². The van der Waals surface area contributed by atoms with Gasteiger partial charge >= 0.3 is 0 Å². The van der Waals surface area contributed by atoms with Crippen molar-refractivity contribution in [3.63, 3.8) is 0 Å². The molecule has 0 saturated carbocycles. The Kier molecular flexibility index (Phi) is 4.01. The molecule has 0 atom stereocenters. The molecule has 0 aliphatic heterocycles. The highest BCUT2D eigenvalue weighted by Crippen LogP contribution is 2.27. The van der Waals surface area contributed by atoms with Crippen LogP contribution in [0.4, 0.5) is 0 Å². The van der Waals surface area contributed by atoms with Crippen LogP contribution in [-0.4, -0.2) is 24.7 Å². The maximum atomic E-state index is 5.25. The largest absolute Gasteiger partial charge is 0.338 e. The third-order valence-corrected chi connectivity index (χ3v) is 4.04. The van der Waals surface area contributed by atoms with Gasteiger partial charge in [-0.3, -0.25) is 9.67 Å². The predicted octanol–water partition coefficient (Wildman–Crippen LogP) is 4.13. The molecular weight excluding hydrogens is 418 g/mol. The summed E-state index contributed by atoms with van der Waals surface area (Å²) in [5, 5.41) is 4.17. The van der Waals surface area contributed by atoms with E-state index in [2.05, 4.69) is 51.9 Å². The first-order chi connectivity index (χ1) is 10.0. The Labute approximate surface area is 142 Å². The van der Waals surface area contributed by atoms with Gasteiger partial charge in [0.15, 0.2) is 5.82 Å². The number of nitrogens with zero attached hydrogens (tertiary/aromatic N) is 4. The Morgan fingerprint density at radius 3 is 2.71 bits per heavy atom. The number of aryl methyl sites for hydroxylation is 1. The van der Waals surface area contributed by atoms with Gasteiger partial charge in [-0.1, -0.05) is 12.2 Å². The van der Waals surface area contributed by atoms with Crippen LogP contribution < -0.4 is 0 Å².